The highest BCUT2D eigenvalue weighted by Crippen LogP contribution is 2.12. The van der Waals surface area contributed by atoms with E-state index in [1.807, 2.05) is 0 Å². The maximum Gasteiger partial charge on any atom is 0.341 e. The molecule has 6 heteroatoms. The molecule has 0 saturated heterocycles. The molecule has 0 aliphatic carbocycles. The number of aromatic nitrogens is 2. The molecule has 0 spiro atoms. The van der Waals surface area contributed by atoms with Gasteiger partial charge in [0.1, 0.15) is 23.4 Å². The number of hydrogen-bond acceptors (Lipinski definition) is 3. The van der Waals surface area contributed by atoms with Crippen molar-refractivity contribution in [2.24, 2.45) is 7.05 Å². The van der Waals surface area contributed by atoms with Gasteiger partial charge in [0, 0.05) is 7.05 Å². The first-order chi connectivity index (χ1) is 8.59. The second-order valence-electron chi connectivity index (χ2n) is 3.61. The lowest BCUT2D eigenvalue weighted by Gasteiger charge is -2.05. The summed E-state index contributed by atoms with van der Waals surface area (Å²) < 4.78 is 19.9. The number of carbonyl (C=O) groups is 1. The number of halogens is 2. The third kappa shape index (κ3) is 2.51. The van der Waals surface area contributed by atoms with E-state index in [0.29, 0.717) is 11.0 Å². The molecule has 4 nitrogen and oxygen atoms in total. The van der Waals surface area contributed by atoms with Gasteiger partial charge in [-0.3, -0.25) is 0 Å². The molecule has 2 rings (SSSR count). The van der Waals surface area contributed by atoms with Crippen molar-refractivity contribution in [3.63, 3.8) is 0 Å². The van der Waals surface area contributed by atoms with Gasteiger partial charge in [-0.15, -0.1) is 0 Å². The molecule has 0 unspecified atom stereocenters. The molecular weight excluding hydrogens is 259 g/mol. The summed E-state index contributed by atoms with van der Waals surface area (Å²) >= 11 is 5.79. The highest BCUT2D eigenvalue weighted by atomic mass is 35.5. The van der Waals surface area contributed by atoms with Crippen molar-refractivity contribution in [2.45, 2.75) is 6.61 Å². The molecule has 0 aliphatic rings. The van der Waals surface area contributed by atoms with Crippen molar-refractivity contribution in [1.82, 2.24) is 9.55 Å². The van der Waals surface area contributed by atoms with Gasteiger partial charge in [0.15, 0.2) is 0 Å². The molecule has 0 atom stereocenters. The highest BCUT2D eigenvalue weighted by Gasteiger charge is 2.13. The molecule has 1 aromatic carbocycles. The fourth-order valence-electron chi connectivity index (χ4n) is 1.39. The van der Waals surface area contributed by atoms with Crippen LogP contribution in [0.3, 0.4) is 0 Å². The zero-order valence-electron chi connectivity index (χ0n) is 9.56. The smallest absolute Gasteiger partial charge is 0.341 e. The zero-order valence-corrected chi connectivity index (χ0v) is 10.3. The number of benzene rings is 1. The normalized spacial score (nSPS) is 10.4. The predicted octanol–water partition coefficient (Wildman–Crippen LogP) is 2.57. The summed E-state index contributed by atoms with van der Waals surface area (Å²) in [4.78, 5) is 15.6. The first-order valence-corrected chi connectivity index (χ1v) is 5.55. The third-order valence-corrected chi connectivity index (χ3v) is 2.80. The Morgan fingerprint density at radius 1 is 1.50 bits per heavy atom. The van der Waals surface area contributed by atoms with Crippen molar-refractivity contribution in [1.29, 1.82) is 0 Å². The number of carbonyl (C=O) groups excluding carboxylic acids is 1. The second-order valence-corrected chi connectivity index (χ2v) is 4.00. The third-order valence-electron chi connectivity index (χ3n) is 2.45. The maximum atomic E-state index is 13.3. The van der Waals surface area contributed by atoms with Crippen LogP contribution in [0.4, 0.5) is 4.39 Å². The number of imidazole rings is 1. The monoisotopic (exact) mass is 268 g/mol. The molecule has 18 heavy (non-hydrogen) atoms. The Hall–Kier alpha value is -1.88. The summed E-state index contributed by atoms with van der Waals surface area (Å²) in [5.74, 6) is -0.850. The van der Waals surface area contributed by atoms with Crippen LogP contribution in [0.2, 0.25) is 5.15 Å². The summed E-state index contributed by atoms with van der Waals surface area (Å²) in [5.41, 5.74) is -0.0993. The summed E-state index contributed by atoms with van der Waals surface area (Å²) in [6.07, 6.45) is 1.45. The number of esters is 1. The lowest BCUT2D eigenvalue weighted by molar-refractivity contribution is 0.0454. The largest absolute Gasteiger partial charge is 0.454 e. The van der Waals surface area contributed by atoms with E-state index in [-0.39, 0.29) is 12.2 Å². The Balaban J connectivity index is 2.05. The van der Waals surface area contributed by atoms with E-state index >= 15 is 0 Å². The zero-order chi connectivity index (χ0) is 13.1. The van der Waals surface area contributed by atoms with Crippen LogP contribution in [0.15, 0.2) is 30.5 Å². The number of hydrogen-bond donors (Lipinski definition) is 0. The fraction of sp³-hybridized carbons (Fsp3) is 0.167. The van der Waals surface area contributed by atoms with Crippen LogP contribution in [0.1, 0.15) is 16.2 Å². The molecule has 0 N–H and O–H groups in total. The Labute approximate surface area is 108 Å². The van der Waals surface area contributed by atoms with Crippen LogP contribution in [0.5, 0.6) is 0 Å². The second kappa shape index (κ2) is 5.18. The van der Waals surface area contributed by atoms with Gasteiger partial charge in [-0.2, -0.15) is 0 Å². The van der Waals surface area contributed by atoms with Crippen LogP contribution >= 0.6 is 11.6 Å². The summed E-state index contributed by atoms with van der Waals surface area (Å²) in [6, 6.07) is 5.64. The van der Waals surface area contributed by atoms with Gasteiger partial charge in [-0.25, -0.2) is 14.2 Å². The molecule has 1 heterocycles. The number of nitrogens with zero attached hydrogens (tertiary/aromatic N) is 2. The fourth-order valence-corrected chi connectivity index (χ4v) is 1.54. The average Bonchev–Trinajstić information content (AvgIpc) is 2.68. The lowest BCUT2D eigenvalue weighted by atomic mass is 10.2. The van der Waals surface area contributed by atoms with E-state index in [9.17, 15) is 9.18 Å². The lowest BCUT2D eigenvalue weighted by Crippen LogP contribution is -2.10. The van der Waals surface area contributed by atoms with E-state index in [4.69, 9.17) is 16.3 Å². The van der Waals surface area contributed by atoms with Crippen molar-refractivity contribution >= 4 is 17.6 Å². The average molecular weight is 269 g/mol. The van der Waals surface area contributed by atoms with E-state index in [1.54, 1.807) is 17.7 Å². The molecule has 0 radical (unpaired) electrons. The standard InChI is InChI=1S/C12H10ClFN2O2/c1-16-10(13)6-15-11(16)7-18-12(17)8-4-2-3-5-9(8)14/h2-6H,7H2,1H3. The topological polar surface area (TPSA) is 44.1 Å². The number of ether oxygens (including phenoxy) is 1. The van der Waals surface area contributed by atoms with Gasteiger partial charge in [-0.1, -0.05) is 23.7 Å². The van der Waals surface area contributed by atoms with E-state index in [1.165, 1.54) is 24.4 Å². The van der Waals surface area contributed by atoms with Crippen LogP contribution < -0.4 is 0 Å². The van der Waals surface area contributed by atoms with Gasteiger partial charge in [0.25, 0.3) is 0 Å². The van der Waals surface area contributed by atoms with Crippen molar-refractivity contribution in [2.75, 3.05) is 0 Å². The van der Waals surface area contributed by atoms with Crippen molar-refractivity contribution in [3.8, 4) is 0 Å². The molecule has 0 saturated carbocycles. The summed E-state index contributed by atoms with van der Waals surface area (Å²) in [6.45, 7) is -0.0591. The SMILES string of the molecule is Cn1c(Cl)cnc1COC(=O)c1ccccc1F. The Bertz CT molecular complexity index is 583. The number of rotatable bonds is 3. The summed E-state index contributed by atoms with van der Waals surface area (Å²) in [5, 5.41) is 0.437. The van der Waals surface area contributed by atoms with E-state index in [2.05, 4.69) is 4.98 Å². The quantitative estimate of drug-likeness (QED) is 0.804. The molecule has 1 aromatic heterocycles. The Morgan fingerprint density at radius 2 is 2.22 bits per heavy atom. The molecule has 0 aliphatic heterocycles. The highest BCUT2D eigenvalue weighted by molar-refractivity contribution is 6.29. The van der Waals surface area contributed by atoms with Crippen LogP contribution in [-0.2, 0) is 18.4 Å². The van der Waals surface area contributed by atoms with Gasteiger partial charge in [0.2, 0.25) is 0 Å². The van der Waals surface area contributed by atoms with Crippen molar-refractivity contribution < 1.29 is 13.9 Å². The molecule has 0 amide bonds. The molecule has 0 fully saturated rings. The predicted molar refractivity (Wildman–Crippen MR) is 63.7 cm³/mol. The molecule has 2 aromatic rings. The van der Waals surface area contributed by atoms with Gasteiger partial charge in [0.05, 0.1) is 11.8 Å². The summed E-state index contributed by atoms with van der Waals surface area (Å²) in [7, 11) is 1.70. The molecular formula is C12H10ClFN2O2. The minimum Gasteiger partial charge on any atom is -0.454 e. The van der Waals surface area contributed by atoms with Gasteiger partial charge < -0.3 is 9.30 Å². The van der Waals surface area contributed by atoms with Gasteiger partial charge >= 0.3 is 5.97 Å². The van der Waals surface area contributed by atoms with Crippen LogP contribution in [0, 0.1) is 5.82 Å². The maximum absolute atomic E-state index is 13.3. The van der Waals surface area contributed by atoms with Crippen LogP contribution in [0.25, 0.3) is 0 Å². The van der Waals surface area contributed by atoms with Crippen molar-refractivity contribution in [3.05, 3.63) is 52.8 Å². The van der Waals surface area contributed by atoms with Gasteiger partial charge in [-0.05, 0) is 12.1 Å². The molecule has 94 valence electrons. The Morgan fingerprint density at radius 3 is 2.83 bits per heavy atom. The minimum atomic E-state index is -0.729. The van der Waals surface area contributed by atoms with Crippen LogP contribution in [-0.4, -0.2) is 15.5 Å². The first-order valence-electron chi connectivity index (χ1n) is 5.17. The van der Waals surface area contributed by atoms with E-state index < -0.39 is 11.8 Å². The Kier molecular flexibility index (Phi) is 3.62. The van der Waals surface area contributed by atoms with E-state index in [0.717, 1.165) is 0 Å². The first kappa shape index (κ1) is 12.6. The minimum absolute atomic E-state index is 0.0591. The molecule has 0 bridgehead atoms.